The maximum atomic E-state index is 11.4. The minimum atomic E-state index is -0.320. The van der Waals surface area contributed by atoms with Gasteiger partial charge in [0, 0.05) is 23.3 Å². The molecular formula is C17H14ClNO2. The molecule has 0 unspecified atom stereocenters. The second kappa shape index (κ2) is 5.62. The van der Waals surface area contributed by atoms with Crippen LogP contribution >= 0.6 is 11.6 Å². The molecular weight excluding hydrogens is 286 g/mol. The van der Waals surface area contributed by atoms with E-state index in [9.17, 15) is 4.79 Å². The summed E-state index contributed by atoms with van der Waals surface area (Å²) >= 11 is 6.06. The Labute approximate surface area is 127 Å². The van der Waals surface area contributed by atoms with E-state index in [2.05, 4.69) is 10.6 Å². The van der Waals surface area contributed by atoms with Gasteiger partial charge in [0.25, 0.3) is 0 Å². The Morgan fingerprint density at radius 2 is 1.90 bits per heavy atom. The Balaban J connectivity index is 1.88. The minimum absolute atomic E-state index is 0.320. The first-order chi connectivity index (χ1) is 10.2. The number of nitrogens with zero attached hydrogens (tertiary/aromatic N) is 1. The van der Waals surface area contributed by atoms with E-state index >= 15 is 0 Å². The first-order valence-corrected chi connectivity index (χ1v) is 6.97. The monoisotopic (exact) mass is 299 g/mol. The van der Waals surface area contributed by atoms with Crippen LogP contribution in [0.3, 0.4) is 0 Å². The van der Waals surface area contributed by atoms with Crippen LogP contribution in [0.2, 0.25) is 5.02 Å². The number of rotatable bonds is 3. The van der Waals surface area contributed by atoms with Crippen molar-refractivity contribution >= 4 is 28.5 Å². The Hall–Kier alpha value is -2.26. The summed E-state index contributed by atoms with van der Waals surface area (Å²) in [6.07, 6.45) is 2.04. The standard InChI is InChI=1S/C17H14ClNO2/c1-21-17(20)14-4-2-12(3-5-14)11-19-9-8-13-6-7-15(18)10-16(13)19/h2-10H,11H2,1H3. The van der Waals surface area contributed by atoms with E-state index in [1.54, 1.807) is 12.1 Å². The van der Waals surface area contributed by atoms with Crippen LogP contribution in [0, 0.1) is 0 Å². The molecule has 21 heavy (non-hydrogen) atoms. The van der Waals surface area contributed by atoms with Crippen molar-refractivity contribution in [3.63, 3.8) is 0 Å². The summed E-state index contributed by atoms with van der Waals surface area (Å²) in [7, 11) is 1.38. The van der Waals surface area contributed by atoms with E-state index in [0.717, 1.165) is 28.0 Å². The van der Waals surface area contributed by atoms with E-state index in [1.807, 2.05) is 36.5 Å². The zero-order chi connectivity index (χ0) is 14.8. The van der Waals surface area contributed by atoms with Crippen LogP contribution in [0.4, 0.5) is 0 Å². The van der Waals surface area contributed by atoms with Gasteiger partial charge in [-0.2, -0.15) is 0 Å². The number of hydrogen-bond acceptors (Lipinski definition) is 2. The predicted octanol–water partition coefficient (Wildman–Crippen LogP) is 4.13. The molecule has 0 bridgehead atoms. The molecule has 1 heterocycles. The van der Waals surface area contributed by atoms with Crippen molar-refractivity contribution in [2.24, 2.45) is 0 Å². The Morgan fingerprint density at radius 3 is 2.62 bits per heavy atom. The molecule has 4 heteroatoms. The number of carbonyl (C=O) groups is 1. The van der Waals surface area contributed by atoms with Crippen LogP contribution in [-0.4, -0.2) is 17.6 Å². The second-order valence-electron chi connectivity index (χ2n) is 4.84. The molecule has 0 N–H and O–H groups in total. The molecule has 0 radical (unpaired) electrons. The fraction of sp³-hybridized carbons (Fsp3) is 0.118. The van der Waals surface area contributed by atoms with Gasteiger partial charge in [-0.05, 0) is 41.3 Å². The number of ether oxygens (including phenoxy) is 1. The van der Waals surface area contributed by atoms with Crippen molar-refractivity contribution < 1.29 is 9.53 Å². The molecule has 3 nitrogen and oxygen atoms in total. The number of benzene rings is 2. The number of hydrogen-bond donors (Lipinski definition) is 0. The third-order valence-corrected chi connectivity index (χ3v) is 3.70. The minimum Gasteiger partial charge on any atom is -0.465 e. The normalized spacial score (nSPS) is 10.8. The van der Waals surface area contributed by atoms with Crippen molar-refractivity contribution in [2.45, 2.75) is 6.54 Å². The highest BCUT2D eigenvalue weighted by Gasteiger charge is 2.06. The third-order valence-electron chi connectivity index (χ3n) is 3.46. The van der Waals surface area contributed by atoms with Gasteiger partial charge in [-0.25, -0.2) is 4.79 Å². The lowest BCUT2D eigenvalue weighted by molar-refractivity contribution is 0.0600. The Kier molecular flexibility index (Phi) is 3.67. The maximum absolute atomic E-state index is 11.4. The molecule has 2 aromatic carbocycles. The highest BCUT2D eigenvalue weighted by Crippen LogP contribution is 2.21. The molecule has 0 aliphatic rings. The van der Waals surface area contributed by atoms with E-state index in [4.69, 9.17) is 16.3 Å². The molecule has 0 amide bonds. The molecule has 0 spiro atoms. The summed E-state index contributed by atoms with van der Waals surface area (Å²) in [5.74, 6) is -0.320. The number of halogens is 1. The smallest absolute Gasteiger partial charge is 0.337 e. The Bertz CT molecular complexity index is 790. The van der Waals surface area contributed by atoms with Gasteiger partial charge in [0.1, 0.15) is 0 Å². The summed E-state index contributed by atoms with van der Waals surface area (Å²) in [5.41, 5.74) is 2.77. The van der Waals surface area contributed by atoms with Crippen LogP contribution in [0.1, 0.15) is 15.9 Å². The SMILES string of the molecule is COC(=O)c1ccc(Cn2ccc3ccc(Cl)cc32)cc1. The summed E-state index contributed by atoms with van der Waals surface area (Å²) in [5, 5.41) is 1.88. The van der Waals surface area contributed by atoms with Crippen LogP contribution in [0.5, 0.6) is 0 Å². The zero-order valence-corrected chi connectivity index (χ0v) is 12.3. The van der Waals surface area contributed by atoms with Crippen molar-refractivity contribution in [3.05, 3.63) is 70.9 Å². The topological polar surface area (TPSA) is 31.2 Å². The molecule has 106 valence electrons. The van der Waals surface area contributed by atoms with E-state index in [-0.39, 0.29) is 5.97 Å². The van der Waals surface area contributed by atoms with Gasteiger partial charge in [-0.1, -0.05) is 29.8 Å². The van der Waals surface area contributed by atoms with Gasteiger partial charge in [-0.15, -0.1) is 0 Å². The average molecular weight is 300 g/mol. The van der Waals surface area contributed by atoms with Crippen LogP contribution in [0.15, 0.2) is 54.7 Å². The molecule has 0 saturated heterocycles. The van der Waals surface area contributed by atoms with Gasteiger partial charge < -0.3 is 9.30 Å². The van der Waals surface area contributed by atoms with E-state index in [0.29, 0.717) is 5.56 Å². The van der Waals surface area contributed by atoms with Crippen LogP contribution < -0.4 is 0 Å². The molecule has 0 fully saturated rings. The lowest BCUT2D eigenvalue weighted by Gasteiger charge is -2.07. The summed E-state index contributed by atoms with van der Waals surface area (Å²) < 4.78 is 6.83. The van der Waals surface area contributed by atoms with Gasteiger partial charge >= 0.3 is 5.97 Å². The predicted molar refractivity (Wildman–Crippen MR) is 83.8 cm³/mol. The quantitative estimate of drug-likeness (QED) is 0.681. The van der Waals surface area contributed by atoms with Gasteiger partial charge in [0.2, 0.25) is 0 Å². The molecule has 1 aromatic heterocycles. The largest absolute Gasteiger partial charge is 0.465 e. The van der Waals surface area contributed by atoms with Crippen molar-refractivity contribution in [3.8, 4) is 0 Å². The van der Waals surface area contributed by atoms with Crippen LogP contribution in [-0.2, 0) is 11.3 Å². The van der Waals surface area contributed by atoms with Gasteiger partial charge in [-0.3, -0.25) is 0 Å². The van der Waals surface area contributed by atoms with Crippen molar-refractivity contribution in [1.82, 2.24) is 4.57 Å². The number of fused-ring (bicyclic) bond motifs is 1. The van der Waals surface area contributed by atoms with Gasteiger partial charge in [0.05, 0.1) is 12.7 Å². The maximum Gasteiger partial charge on any atom is 0.337 e. The first kappa shape index (κ1) is 13.7. The lowest BCUT2D eigenvalue weighted by Crippen LogP contribution is -2.02. The lowest BCUT2D eigenvalue weighted by atomic mass is 10.1. The van der Waals surface area contributed by atoms with Crippen LogP contribution in [0.25, 0.3) is 10.9 Å². The second-order valence-corrected chi connectivity index (χ2v) is 5.27. The average Bonchev–Trinajstić information content (AvgIpc) is 2.89. The molecule has 0 saturated carbocycles. The highest BCUT2D eigenvalue weighted by atomic mass is 35.5. The molecule has 0 aliphatic carbocycles. The fourth-order valence-corrected chi connectivity index (χ4v) is 2.52. The number of methoxy groups -OCH3 is 1. The molecule has 0 atom stereocenters. The van der Waals surface area contributed by atoms with E-state index in [1.165, 1.54) is 7.11 Å². The molecule has 0 aliphatic heterocycles. The molecule has 3 aromatic rings. The zero-order valence-electron chi connectivity index (χ0n) is 11.5. The first-order valence-electron chi connectivity index (χ1n) is 6.59. The van der Waals surface area contributed by atoms with Gasteiger partial charge in [0.15, 0.2) is 0 Å². The molecule has 3 rings (SSSR count). The number of esters is 1. The van der Waals surface area contributed by atoms with Crippen molar-refractivity contribution in [2.75, 3.05) is 7.11 Å². The fourth-order valence-electron chi connectivity index (χ4n) is 2.36. The highest BCUT2D eigenvalue weighted by molar-refractivity contribution is 6.31. The van der Waals surface area contributed by atoms with Crippen molar-refractivity contribution in [1.29, 1.82) is 0 Å². The third kappa shape index (κ3) is 2.78. The van der Waals surface area contributed by atoms with E-state index < -0.39 is 0 Å². The summed E-state index contributed by atoms with van der Waals surface area (Å²) in [6.45, 7) is 0.727. The summed E-state index contributed by atoms with van der Waals surface area (Å²) in [6, 6.07) is 15.3. The Morgan fingerprint density at radius 1 is 1.14 bits per heavy atom. The number of carbonyl (C=O) groups excluding carboxylic acids is 1. The summed E-state index contributed by atoms with van der Waals surface area (Å²) in [4.78, 5) is 11.4. The number of aromatic nitrogens is 1.